The molecule has 2 heterocycles. The second kappa shape index (κ2) is 6.03. The van der Waals surface area contributed by atoms with Gasteiger partial charge in [-0.3, -0.25) is 0 Å². The van der Waals surface area contributed by atoms with Crippen LogP contribution < -0.4 is 10.5 Å². The molecule has 6 heteroatoms. The van der Waals surface area contributed by atoms with Crippen LogP contribution in [0.5, 0.6) is 5.75 Å². The Morgan fingerprint density at radius 3 is 2.62 bits per heavy atom. The summed E-state index contributed by atoms with van der Waals surface area (Å²) >= 11 is 0. The molecule has 2 aromatic heterocycles. The van der Waals surface area contributed by atoms with Gasteiger partial charge in [0.15, 0.2) is 11.4 Å². The molecular formula is C15H21N3O3. The van der Waals surface area contributed by atoms with E-state index >= 15 is 0 Å². The third kappa shape index (κ3) is 2.53. The van der Waals surface area contributed by atoms with Gasteiger partial charge in [-0.1, -0.05) is 6.92 Å². The molecule has 0 amide bonds. The van der Waals surface area contributed by atoms with Gasteiger partial charge in [0.1, 0.15) is 11.3 Å². The lowest BCUT2D eigenvalue weighted by molar-refractivity contribution is 0.0511. The summed E-state index contributed by atoms with van der Waals surface area (Å²) in [6, 6.07) is 1.95. The molecule has 2 N–H and O–H groups in total. The summed E-state index contributed by atoms with van der Waals surface area (Å²) in [5, 5.41) is 0. The van der Waals surface area contributed by atoms with Crippen molar-refractivity contribution in [2.75, 3.05) is 18.9 Å². The molecule has 0 fully saturated rings. The Kier molecular flexibility index (Phi) is 4.35. The molecule has 2 aromatic rings. The topological polar surface area (TPSA) is 79.4 Å². The Morgan fingerprint density at radius 1 is 1.33 bits per heavy atom. The zero-order chi connectivity index (χ0) is 15.6. The molecule has 0 aromatic carbocycles. The van der Waals surface area contributed by atoms with E-state index in [1.165, 1.54) is 0 Å². The van der Waals surface area contributed by atoms with E-state index in [0.29, 0.717) is 36.0 Å². The van der Waals surface area contributed by atoms with Gasteiger partial charge in [0.2, 0.25) is 0 Å². The molecular weight excluding hydrogens is 270 g/mol. The number of nitrogen functional groups attached to an aromatic ring is 1. The number of hydrogen-bond donors (Lipinski definition) is 1. The van der Waals surface area contributed by atoms with Gasteiger partial charge >= 0.3 is 5.97 Å². The highest BCUT2D eigenvalue weighted by Gasteiger charge is 2.25. The fourth-order valence-corrected chi connectivity index (χ4v) is 2.36. The minimum Gasteiger partial charge on any atom is -0.489 e. The van der Waals surface area contributed by atoms with Crippen LogP contribution in [-0.2, 0) is 18.2 Å². The molecule has 0 saturated carbocycles. The highest BCUT2D eigenvalue weighted by atomic mass is 16.5. The van der Waals surface area contributed by atoms with E-state index in [4.69, 9.17) is 15.2 Å². The lowest BCUT2D eigenvalue weighted by atomic mass is 10.2. The summed E-state index contributed by atoms with van der Waals surface area (Å²) in [5.41, 5.74) is 8.69. The van der Waals surface area contributed by atoms with Gasteiger partial charge in [-0.25, -0.2) is 9.78 Å². The van der Waals surface area contributed by atoms with Crippen LogP contribution in [-0.4, -0.2) is 28.7 Å². The molecule has 0 aliphatic heterocycles. The number of carbonyl (C=O) groups is 1. The summed E-state index contributed by atoms with van der Waals surface area (Å²) in [6.45, 7) is 6.38. The number of aryl methyl sites for hydroxylation is 2. The third-order valence-electron chi connectivity index (χ3n) is 3.38. The predicted molar refractivity (Wildman–Crippen MR) is 81.6 cm³/mol. The number of hydrogen-bond acceptors (Lipinski definition) is 5. The molecule has 2 rings (SSSR count). The maximum Gasteiger partial charge on any atom is 0.358 e. The molecule has 0 radical (unpaired) electrons. The molecule has 0 aliphatic rings. The van der Waals surface area contributed by atoms with Gasteiger partial charge in [0, 0.05) is 7.05 Å². The summed E-state index contributed by atoms with van der Waals surface area (Å²) < 4.78 is 12.5. The average Bonchev–Trinajstić information content (AvgIpc) is 2.71. The lowest BCUT2D eigenvalue weighted by Crippen LogP contribution is -2.11. The zero-order valence-corrected chi connectivity index (χ0v) is 12.9. The van der Waals surface area contributed by atoms with Crippen molar-refractivity contribution in [3.05, 3.63) is 17.3 Å². The van der Waals surface area contributed by atoms with E-state index < -0.39 is 5.97 Å². The van der Waals surface area contributed by atoms with Gasteiger partial charge in [0.05, 0.1) is 18.7 Å². The highest BCUT2D eigenvalue weighted by Crippen LogP contribution is 2.33. The van der Waals surface area contributed by atoms with Crippen molar-refractivity contribution in [2.45, 2.75) is 27.2 Å². The minimum atomic E-state index is -0.418. The van der Waals surface area contributed by atoms with Crippen LogP contribution in [0.4, 0.5) is 5.82 Å². The van der Waals surface area contributed by atoms with Gasteiger partial charge < -0.3 is 19.8 Å². The number of aromatic nitrogens is 2. The Morgan fingerprint density at radius 2 is 2.05 bits per heavy atom. The van der Waals surface area contributed by atoms with Gasteiger partial charge in [-0.2, -0.15) is 0 Å². The molecule has 21 heavy (non-hydrogen) atoms. The molecule has 0 spiro atoms. The second-order valence-electron chi connectivity index (χ2n) is 4.64. The van der Waals surface area contributed by atoms with Crippen LogP contribution in [0.2, 0.25) is 0 Å². The monoisotopic (exact) mass is 291 g/mol. The molecule has 0 unspecified atom stereocenters. The van der Waals surface area contributed by atoms with E-state index in [-0.39, 0.29) is 0 Å². The quantitative estimate of drug-likeness (QED) is 0.855. The fraction of sp³-hybridized carbons (Fsp3) is 0.467. The first-order valence-corrected chi connectivity index (χ1v) is 7.12. The smallest absolute Gasteiger partial charge is 0.358 e. The predicted octanol–water partition coefficient (Wildman–Crippen LogP) is 2.29. The summed E-state index contributed by atoms with van der Waals surface area (Å²) in [5.74, 6) is 0.479. The van der Waals surface area contributed by atoms with E-state index in [9.17, 15) is 4.79 Å². The molecule has 0 saturated heterocycles. The minimum absolute atomic E-state index is 0.307. The van der Waals surface area contributed by atoms with E-state index in [1.807, 2.05) is 19.9 Å². The summed E-state index contributed by atoms with van der Waals surface area (Å²) in [4.78, 5) is 16.6. The number of rotatable bonds is 5. The Labute approximate surface area is 123 Å². The van der Waals surface area contributed by atoms with Crippen LogP contribution in [0, 0.1) is 0 Å². The van der Waals surface area contributed by atoms with E-state index in [1.54, 1.807) is 18.5 Å². The summed E-state index contributed by atoms with van der Waals surface area (Å²) in [6.07, 6.45) is 0.776. The average molecular weight is 291 g/mol. The maximum atomic E-state index is 12.2. The largest absolute Gasteiger partial charge is 0.489 e. The van der Waals surface area contributed by atoms with Crippen LogP contribution in [0.1, 0.15) is 36.8 Å². The first-order valence-electron chi connectivity index (χ1n) is 7.12. The third-order valence-corrected chi connectivity index (χ3v) is 3.38. The summed E-state index contributed by atoms with van der Waals surface area (Å²) in [7, 11) is 1.80. The SMILES string of the molecule is CCOC(=O)c1c(OCC)c2nc(N)c(CC)cc2n1C. The van der Waals surface area contributed by atoms with Crippen LogP contribution >= 0.6 is 0 Å². The lowest BCUT2D eigenvalue weighted by Gasteiger charge is -2.06. The Balaban J connectivity index is 2.74. The maximum absolute atomic E-state index is 12.2. The van der Waals surface area contributed by atoms with Crippen molar-refractivity contribution >= 4 is 22.8 Å². The van der Waals surface area contributed by atoms with Crippen molar-refractivity contribution in [3.63, 3.8) is 0 Å². The number of anilines is 1. The van der Waals surface area contributed by atoms with Crippen molar-refractivity contribution in [2.24, 2.45) is 7.05 Å². The normalized spacial score (nSPS) is 10.9. The molecule has 0 atom stereocenters. The van der Waals surface area contributed by atoms with Crippen LogP contribution in [0.3, 0.4) is 0 Å². The number of ether oxygens (including phenoxy) is 2. The first-order chi connectivity index (χ1) is 10.0. The van der Waals surface area contributed by atoms with Crippen LogP contribution in [0.25, 0.3) is 11.0 Å². The van der Waals surface area contributed by atoms with Crippen LogP contribution in [0.15, 0.2) is 6.07 Å². The van der Waals surface area contributed by atoms with Gasteiger partial charge in [0.25, 0.3) is 0 Å². The first kappa shape index (κ1) is 15.2. The van der Waals surface area contributed by atoms with Gasteiger partial charge in [-0.05, 0) is 31.9 Å². The number of nitrogens with two attached hydrogens (primary N) is 1. The van der Waals surface area contributed by atoms with Gasteiger partial charge in [-0.15, -0.1) is 0 Å². The van der Waals surface area contributed by atoms with E-state index in [0.717, 1.165) is 17.5 Å². The number of pyridine rings is 1. The molecule has 6 nitrogen and oxygen atoms in total. The second-order valence-corrected chi connectivity index (χ2v) is 4.64. The number of fused-ring (bicyclic) bond motifs is 1. The highest BCUT2D eigenvalue weighted by molar-refractivity contribution is 6.00. The van der Waals surface area contributed by atoms with E-state index in [2.05, 4.69) is 4.98 Å². The van der Waals surface area contributed by atoms with Crippen molar-refractivity contribution in [1.82, 2.24) is 9.55 Å². The number of carbonyl (C=O) groups excluding carboxylic acids is 1. The van der Waals surface area contributed by atoms with Crippen molar-refractivity contribution in [1.29, 1.82) is 0 Å². The Bertz CT molecular complexity index is 677. The number of nitrogens with zero attached hydrogens (tertiary/aromatic N) is 2. The Hall–Kier alpha value is -2.24. The van der Waals surface area contributed by atoms with Crippen molar-refractivity contribution in [3.8, 4) is 5.75 Å². The molecule has 0 aliphatic carbocycles. The molecule has 0 bridgehead atoms. The van der Waals surface area contributed by atoms with Crippen molar-refractivity contribution < 1.29 is 14.3 Å². The fourth-order valence-electron chi connectivity index (χ4n) is 2.36. The molecule has 114 valence electrons. The number of esters is 1. The zero-order valence-electron chi connectivity index (χ0n) is 12.9. The standard InChI is InChI=1S/C15H21N3O3/c1-5-9-8-10-11(17-14(9)16)13(20-6-2)12(18(10)4)15(19)21-7-3/h8H,5-7H2,1-4H3,(H2,16,17).